The van der Waals surface area contributed by atoms with Crippen LogP contribution in [0, 0.1) is 11.7 Å². The first-order chi connectivity index (χ1) is 8.19. The summed E-state index contributed by atoms with van der Waals surface area (Å²) < 4.78 is 13.3. The van der Waals surface area contributed by atoms with Crippen molar-refractivity contribution in [3.63, 3.8) is 0 Å². The molecule has 17 heavy (non-hydrogen) atoms. The van der Waals surface area contributed by atoms with Gasteiger partial charge in [-0.05, 0) is 56.1 Å². The zero-order valence-electron chi connectivity index (χ0n) is 9.83. The van der Waals surface area contributed by atoms with Gasteiger partial charge in [0, 0.05) is 6.54 Å². The number of hydrogen-bond acceptors (Lipinski definition) is 2. The molecule has 1 aliphatic heterocycles. The molecule has 1 aromatic rings. The van der Waals surface area contributed by atoms with Crippen molar-refractivity contribution in [2.75, 3.05) is 19.6 Å². The summed E-state index contributed by atoms with van der Waals surface area (Å²) >= 11 is 5.66. The van der Waals surface area contributed by atoms with Crippen molar-refractivity contribution < 1.29 is 4.39 Å². The van der Waals surface area contributed by atoms with Crippen molar-refractivity contribution in [1.29, 1.82) is 0 Å². The van der Waals surface area contributed by atoms with Gasteiger partial charge in [-0.25, -0.2) is 4.39 Å². The van der Waals surface area contributed by atoms with Crippen LogP contribution in [0.5, 0.6) is 0 Å². The number of nitrogens with two attached hydrogens (primary N) is 1. The summed E-state index contributed by atoms with van der Waals surface area (Å²) in [5.41, 5.74) is 6.64. The van der Waals surface area contributed by atoms with E-state index in [1.807, 2.05) is 6.07 Å². The van der Waals surface area contributed by atoms with E-state index in [4.69, 9.17) is 17.3 Å². The van der Waals surface area contributed by atoms with Gasteiger partial charge >= 0.3 is 0 Å². The topological polar surface area (TPSA) is 29.3 Å². The van der Waals surface area contributed by atoms with E-state index in [0.29, 0.717) is 5.92 Å². The van der Waals surface area contributed by atoms with Crippen LogP contribution in [0.3, 0.4) is 0 Å². The fraction of sp³-hybridized carbons (Fsp3) is 0.538. The molecule has 1 saturated heterocycles. The molecule has 0 aromatic heterocycles. The molecule has 2 N–H and O–H groups in total. The third kappa shape index (κ3) is 3.41. The van der Waals surface area contributed by atoms with Crippen molar-refractivity contribution in [3.05, 3.63) is 34.6 Å². The summed E-state index contributed by atoms with van der Waals surface area (Å²) in [5, 5.41) is 0.190. The van der Waals surface area contributed by atoms with Gasteiger partial charge in [0.25, 0.3) is 0 Å². The first kappa shape index (κ1) is 12.8. The minimum atomic E-state index is -0.332. The summed E-state index contributed by atoms with van der Waals surface area (Å²) in [6.07, 6.45) is 2.29. The SMILES string of the molecule is NCC1CCN(Cc2ccc(Cl)c(F)c2)CC1. The smallest absolute Gasteiger partial charge is 0.142 e. The Hall–Kier alpha value is -0.640. The average molecular weight is 257 g/mol. The van der Waals surface area contributed by atoms with Crippen molar-refractivity contribution in [1.82, 2.24) is 4.90 Å². The lowest BCUT2D eigenvalue weighted by molar-refractivity contribution is 0.180. The normalized spacial score (nSPS) is 18.5. The lowest BCUT2D eigenvalue weighted by atomic mass is 9.97. The lowest BCUT2D eigenvalue weighted by Crippen LogP contribution is -2.35. The Morgan fingerprint density at radius 2 is 2.06 bits per heavy atom. The van der Waals surface area contributed by atoms with Crippen LogP contribution in [0.15, 0.2) is 18.2 Å². The second-order valence-corrected chi connectivity index (χ2v) is 5.11. The molecule has 0 saturated carbocycles. The number of likely N-dealkylation sites (tertiary alicyclic amines) is 1. The van der Waals surface area contributed by atoms with Gasteiger partial charge in [0.05, 0.1) is 5.02 Å². The summed E-state index contributed by atoms with van der Waals surface area (Å²) in [5.74, 6) is 0.328. The van der Waals surface area contributed by atoms with E-state index in [2.05, 4.69) is 4.90 Å². The Morgan fingerprint density at radius 1 is 1.35 bits per heavy atom. The van der Waals surface area contributed by atoms with Gasteiger partial charge < -0.3 is 5.73 Å². The maximum atomic E-state index is 13.3. The molecular weight excluding hydrogens is 239 g/mol. The molecule has 0 atom stereocenters. The lowest BCUT2D eigenvalue weighted by Gasteiger charge is -2.31. The Kier molecular flexibility index (Phi) is 4.37. The molecule has 0 amide bonds. The van der Waals surface area contributed by atoms with Gasteiger partial charge in [-0.2, -0.15) is 0 Å². The quantitative estimate of drug-likeness (QED) is 0.901. The highest BCUT2D eigenvalue weighted by molar-refractivity contribution is 6.30. The number of benzene rings is 1. The third-order valence-electron chi connectivity index (χ3n) is 3.43. The standard InChI is InChI=1S/C13H18ClFN2/c14-12-2-1-11(7-13(12)15)9-17-5-3-10(8-16)4-6-17/h1-2,7,10H,3-6,8-9,16H2. The predicted molar refractivity (Wildman–Crippen MR) is 68.5 cm³/mol. The van der Waals surface area contributed by atoms with Crippen LogP contribution >= 0.6 is 11.6 Å². The maximum Gasteiger partial charge on any atom is 0.142 e. The van der Waals surface area contributed by atoms with Crippen LogP contribution in [-0.2, 0) is 6.54 Å². The van der Waals surface area contributed by atoms with Crippen LogP contribution in [0.1, 0.15) is 18.4 Å². The average Bonchev–Trinajstić information content (AvgIpc) is 2.35. The van der Waals surface area contributed by atoms with Gasteiger partial charge in [0.2, 0.25) is 0 Å². The van der Waals surface area contributed by atoms with Gasteiger partial charge in [-0.3, -0.25) is 4.90 Å². The van der Waals surface area contributed by atoms with E-state index >= 15 is 0 Å². The largest absolute Gasteiger partial charge is 0.330 e. The fourth-order valence-corrected chi connectivity index (χ4v) is 2.39. The monoisotopic (exact) mass is 256 g/mol. The van der Waals surface area contributed by atoms with E-state index in [1.165, 1.54) is 6.07 Å². The molecule has 1 aliphatic rings. The summed E-state index contributed by atoms with van der Waals surface area (Å²) in [7, 11) is 0. The number of rotatable bonds is 3. The Balaban J connectivity index is 1.91. The molecule has 0 unspecified atom stereocenters. The van der Waals surface area contributed by atoms with E-state index in [9.17, 15) is 4.39 Å². The maximum absolute atomic E-state index is 13.3. The zero-order valence-corrected chi connectivity index (χ0v) is 10.6. The number of hydrogen-bond donors (Lipinski definition) is 1. The second-order valence-electron chi connectivity index (χ2n) is 4.70. The minimum absolute atomic E-state index is 0.190. The van der Waals surface area contributed by atoms with Gasteiger partial charge in [-0.1, -0.05) is 17.7 Å². The summed E-state index contributed by atoms with van der Waals surface area (Å²) in [4.78, 5) is 2.34. The Labute approximate surface area is 107 Å². The number of piperidine rings is 1. The Bertz CT molecular complexity index is 376. The first-order valence-corrected chi connectivity index (χ1v) is 6.43. The van der Waals surface area contributed by atoms with E-state index in [0.717, 1.165) is 44.6 Å². The van der Waals surface area contributed by atoms with E-state index < -0.39 is 0 Å². The van der Waals surface area contributed by atoms with Crippen molar-refractivity contribution in [3.8, 4) is 0 Å². The molecule has 1 aromatic carbocycles. The van der Waals surface area contributed by atoms with Crippen molar-refractivity contribution >= 4 is 11.6 Å². The molecule has 4 heteroatoms. The molecule has 0 spiro atoms. The molecule has 1 fully saturated rings. The summed E-state index contributed by atoms with van der Waals surface area (Å²) in [6, 6.07) is 5.04. The highest BCUT2D eigenvalue weighted by Crippen LogP contribution is 2.20. The van der Waals surface area contributed by atoms with Crippen LogP contribution in [0.25, 0.3) is 0 Å². The van der Waals surface area contributed by atoms with Crippen molar-refractivity contribution in [2.24, 2.45) is 11.7 Å². The molecule has 94 valence electrons. The van der Waals surface area contributed by atoms with E-state index in [1.54, 1.807) is 6.07 Å². The predicted octanol–water partition coefficient (Wildman–Crippen LogP) is 2.65. The first-order valence-electron chi connectivity index (χ1n) is 6.05. The molecule has 1 heterocycles. The molecule has 2 nitrogen and oxygen atoms in total. The third-order valence-corrected chi connectivity index (χ3v) is 3.74. The molecule has 0 radical (unpaired) electrons. The zero-order chi connectivity index (χ0) is 12.3. The molecule has 0 bridgehead atoms. The highest BCUT2D eigenvalue weighted by Gasteiger charge is 2.18. The second kappa shape index (κ2) is 5.80. The number of halogens is 2. The van der Waals surface area contributed by atoms with E-state index in [-0.39, 0.29) is 10.8 Å². The van der Waals surface area contributed by atoms with Gasteiger partial charge in [-0.15, -0.1) is 0 Å². The molecular formula is C13H18ClFN2. The summed E-state index contributed by atoms with van der Waals surface area (Å²) in [6.45, 7) is 3.67. The molecule has 0 aliphatic carbocycles. The van der Waals surface area contributed by atoms with Crippen LogP contribution < -0.4 is 5.73 Å². The fourth-order valence-electron chi connectivity index (χ4n) is 2.28. The number of nitrogens with zero attached hydrogens (tertiary/aromatic N) is 1. The highest BCUT2D eigenvalue weighted by atomic mass is 35.5. The van der Waals surface area contributed by atoms with Gasteiger partial charge in [0.1, 0.15) is 5.82 Å². The molecule has 2 rings (SSSR count). The van der Waals surface area contributed by atoms with Crippen LogP contribution in [0.4, 0.5) is 4.39 Å². The van der Waals surface area contributed by atoms with Crippen molar-refractivity contribution in [2.45, 2.75) is 19.4 Å². The van der Waals surface area contributed by atoms with Crippen LogP contribution in [-0.4, -0.2) is 24.5 Å². The van der Waals surface area contributed by atoms with Gasteiger partial charge in [0.15, 0.2) is 0 Å². The Morgan fingerprint density at radius 3 is 2.65 bits per heavy atom. The van der Waals surface area contributed by atoms with Crippen LogP contribution in [0.2, 0.25) is 5.02 Å². The minimum Gasteiger partial charge on any atom is -0.330 e.